The molecule has 1 aromatic carbocycles. The van der Waals surface area contributed by atoms with Crippen molar-refractivity contribution in [3.63, 3.8) is 0 Å². The second-order valence-electron chi connectivity index (χ2n) is 7.08. The Hall–Kier alpha value is -3.13. The fraction of sp³-hybridized carbons (Fsp3) is 0.350. The monoisotopic (exact) mass is 383 g/mol. The molecule has 0 aliphatic carbocycles. The largest absolute Gasteiger partial charge is 0.508 e. The first-order valence-electron chi connectivity index (χ1n) is 9.12. The van der Waals surface area contributed by atoms with E-state index >= 15 is 0 Å². The molecule has 1 amide bonds. The number of piperazine rings is 1. The maximum absolute atomic E-state index is 12.5. The molecule has 8 heteroatoms. The van der Waals surface area contributed by atoms with Crippen LogP contribution >= 0.6 is 0 Å². The van der Waals surface area contributed by atoms with E-state index in [1.165, 1.54) is 6.07 Å². The highest BCUT2D eigenvalue weighted by atomic mass is 16.5. The zero-order valence-electron chi connectivity index (χ0n) is 15.8. The number of hydrogen-bond acceptors (Lipinski definition) is 7. The maximum atomic E-state index is 12.5. The number of carbonyl (C=O) groups excluding carboxylic acids is 1. The van der Waals surface area contributed by atoms with E-state index in [-0.39, 0.29) is 17.4 Å². The lowest BCUT2D eigenvalue weighted by molar-refractivity contribution is 0.0589. The molecule has 0 spiro atoms. The number of fused-ring (bicyclic) bond motifs is 1. The summed E-state index contributed by atoms with van der Waals surface area (Å²) in [5, 5.41) is 14.5. The van der Waals surface area contributed by atoms with Crippen LogP contribution in [0.15, 0.2) is 38.0 Å². The Kier molecular flexibility index (Phi) is 4.64. The van der Waals surface area contributed by atoms with Crippen molar-refractivity contribution < 1.29 is 18.8 Å². The van der Waals surface area contributed by atoms with Crippen molar-refractivity contribution in [2.24, 2.45) is 0 Å². The van der Waals surface area contributed by atoms with Crippen LogP contribution in [0.2, 0.25) is 0 Å². The number of aromatic nitrogens is 1. The number of aryl methyl sites for hydroxylation is 2. The number of phenols is 1. The van der Waals surface area contributed by atoms with Crippen LogP contribution in [-0.4, -0.2) is 52.1 Å². The molecule has 1 aliphatic rings. The minimum Gasteiger partial charge on any atom is -0.508 e. The summed E-state index contributed by atoms with van der Waals surface area (Å²) in [4.78, 5) is 28.4. The fourth-order valence-electron chi connectivity index (χ4n) is 3.52. The molecule has 0 atom stereocenters. The molecule has 1 N–H and O–H groups in total. The summed E-state index contributed by atoms with van der Waals surface area (Å²) >= 11 is 0. The van der Waals surface area contributed by atoms with Gasteiger partial charge in [0, 0.05) is 55.8 Å². The minimum atomic E-state index is -0.439. The molecule has 2 aromatic heterocycles. The van der Waals surface area contributed by atoms with Crippen molar-refractivity contribution in [2.45, 2.75) is 20.4 Å². The van der Waals surface area contributed by atoms with E-state index in [4.69, 9.17) is 8.94 Å². The van der Waals surface area contributed by atoms with Crippen LogP contribution in [0.1, 0.15) is 27.4 Å². The Labute approximate surface area is 160 Å². The maximum Gasteiger partial charge on any atom is 0.336 e. The molecule has 1 saturated heterocycles. The molecule has 1 aliphatic heterocycles. The summed E-state index contributed by atoms with van der Waals surface area (Å²) in [5.41, 5.74) is 2.05. The molecule has 4 rings (SSSR count). The average molecular weight is 383 g/mol. The molecule has 0 saturated carbocycles. The van der Waals surface area contributed by atoms with Gasteiger partial charge in [-0.15, -0.1) is 0 Å². The Morgan fingerprint density at radius 1 is 1.18 bits per heavy atom. The Bertz CT molecular complexity index is 1090. The smallest absolute Gasteiger partial charge is 0.336 e. The van der Waals surface area contributed by atoms with E-state index < -0.39 is 5.63 Å². The van der Waals surface area contributed by atoms with Crippen molar-refractivity contribution in [1.82, 2.24) is 15.0 Å². The van der Waals surface area contributed by atoms with Crippen LogP contribution < -0.4 is 5.63 Å². The Morgan fingerprint density at radius 3 is 2.61 bits per heavy atom. The number of carbonyl (C=O) groups is 1. The van der Waals surface area contributed by atoms with E-state index in [0.717, 1.165) is 10.9 Å². The third kappa shape index (κ3) is 3.38. The van der Waals surface area contributed by atoms with Gasteiger partial charge in [-0.1, -0.05) is 5.16 Å². The summed E-state index contributed by atoms with van der Waals surface area (Å²) in [5.74, 6) is 0.202. The highest BCUT2D eigenvalue weighted by Gasteiger charge is 2.25. The van der Waals surface area contributed by atoms with Crippen LogP contribution in [0, 0.1) is 13.8 Å². The second kappa shape index (κ2) is 7.12. The van der Waals surface area contributed by atoms with E-state index in [1.807, 2.05) is 0 Å². The van der Waals surface area contributed by atoms with Gasteiger partial charge in [0.25, 0.3) is 5.91 Å². The van der Waals surface area contributed by atoms with Crippen molar-refractivity contribution in [3.8, 4) is 5.75 Å². The number of nitrogens with zero attached hydrogens (tertiary/aromatic N) is 3. The summed E-state index contributed by atoms with van der Waals surface area (Å²) in [6.45, 7) is 6.56. The first kappa shape index (κ1) is 18.2. The molecule has 0 bridgehead atoms. The van der Waals surface area contributed by atoms with Crippen LogP contribution in [0.4, 0.5) is 0 Å². The zero-order valence-corrected chi connectivity index (χ0v) is 15.8. The summed E-state index contributed by atoms with van der Waals surface area (Å²) in [6, 6.07) is 6.51. The quantitative estimate of drug-likeness (QED) is 0.691. The molecule has 1 fully saturated rings. The molecule has 8 nitrogen and oxygen atoms in total. The highest BCUT2D eigenvalue weighted by Crippen LogP contribution is 2.28. The van der Waals surface area contributed by atoms with Gasteiger partial charge in [0.05, 0.1) is 5.69 Å². The van der Waals surface area contributed by atoms with Gasteiger partial charge in [0.15, 0.2) is 0 Å². The standard InChI is InChI=1S/C20H21N3O5/c1-12-9-17(28-21-12)20(26)23-7-5-22(6-8-23)11-14-10-18(25)27-19-13(2)16(24)4-3-15(14)19/h3-4,9-10,24H,5-8,11H2,1-2H3. The predicted molar refractivity (Wildman–Crippen MR) is 101 cm³/mol. The van der Waals surface area contributed by atoms with Gasteiger partial charge in [-0.3, -0.25) is 9.69 Å². The molecule has 28 heavy (non-hydrogen) atoms. The normalized spacial score (nSPS) is 15.3. The van der Waals surface area contributed by atoms with Gasteiger partial charge in [-0.05, 0) is 31.5 Å². The fourth-order valence-corrected chi connectivity index (χ4v) is 3.52. The van der Waals surface area contributed by atoms with E-state index in [9.17, 15) is 14.7 Å². The van der Waals surface area contributed by atoms with Gasteiger partial charge < -0.3 is 18.9 Å². The van der Waals surface area contributed by atoms with Gasteiger partial charge in [0.1, 0.15) is 11.3 Å². The first-order valence-corrected chi connectivity index (χ1v) is 9.12. The number of phenolic OH excluding ortho intramolecular Hbond substituents is 1. The van der Waals surface area contributed by atoms with Crippen LogP contribution in [0.5, 0.6) is 5.75 Å². The predicted octanol–water partition coefficient (Wildman–Crippen LogP) is 2.06. The van der Waals surface area contributed by atoms with E-state index in [0.29, 0.717) is 49.6 Å². The Balaban J connectivity index is 1.49. The summed E-state index contributed by atoms with van der Waals surface area (Å²) < 4.78 is 10.4. The van der Waals surface area contributed by atoms with Crippen molar-refractivity contribution in [1.29, 1.82) is 0 Å². The average Bonchev–Trinajstić information content (AvgIpc) is 3.11. The van der Waals surface area contributed by atoms with Crippen molar-refractivity contribution in [2.75, 3.05) is 26.2 Å². The third-order valence-electron chi connectivity index (χ3n) is 5.11. The lowest BCUT2D eigenvalue weighted by Gasteiger charge is -2.34. The number of hydrogen-bond donors (Lipinski definition) is 1. The minimum absolute atomic E-state index is 0.0996. The molecule has 0 unspecified atom stereocenters. The molecular weight excluding hydrogens is 362 g/mol. The number of benzene rings is 1. The molecule has 3 heterocycles. The Morgan fingerprint density at radius 2 is 1.93 bits per heavy atom. The molecule has 3 aromatic rings. The van der Waals surface area contributed by atoms with Crippen LogP contribution in [0.3, 0.4) is 0 Å². The van der Waals surface area contributed by atoms with Gasteiger partial charge in [-0.25, -0.2) is 4.79 Å². The topological polar surface area (TPSA) is 100 Å². The van der Waals surface area contributed by atoms with Crippen molar-refractivity contribution >= 4 is 16.9 Å². The number of aromatic hydroxyl groups is 1. The third-order valence-corrected chi connectivity index (χ3v) is 5.11. The first-order chi connectivity index (χ1) is 13.4. The molecule has 0 radical (unpaired) electrons. The number of amides is 1. The summed E-state index contributed by atoms with van der Waals surface area (Å²) in [6.07, 6.45) is 0. The molecular formula is C20H21N3O5. The zero-order chi connectivity index (χ0) is 19.8. The SMILES string of the molecule is Cc1cc(C(=O)N2CCN(Cc3cc(=O)oc4c(C)c(O)ccc34)CC2)on1. The molecule has 146 valence electrons. The van der Waals surface area contributed by atoms with E-state index in [2.05, 4.69) is 10.1 Å². The van der Waals surface area contributed by atoms with Crippen LogP contribution in [0.25, 0.3) is 11.0 Å². The van der Waals surface area contributed by atoms with Gasteiger partial charge >= 0.3 is 5.63 Å². The lowest BCUT2D eigenvalue weighted by atomic mass is 10.1. The summed E-state index contributed by atoms with van der Waals surface area (Å²) in [7, 11) is 0. The van der Waals surface area contributed by atoms with E-state index in [1.54, 1.807) is 36.9 Å². The highest BCUT2D eigenvalue weighted by molar-refractivity contribution is 5.91. The number of rotatable bonds is 3. The van der Waals surface area contributed by atoms with Gasteiger partial charge in [-0.2, -0.15) is 0 Å². The van der Waals surface area contributed by atoms with Crippen molar-refractivity contribution in [3.05, 3.63) is 57.3 Å². The van der Waals surface area contributed by atoms with Crippen LogP contribution in [-0.2, 0) is 6.54 Å². The lowest BCUT2D eigenvalue weighted by Crippen LogP contribution is -2.48. The second-order valence-corrected chi connectivity index (χ2v) is 7.08. The van der Waals surface area contributed by atoms with Gasteiger partial charge in [0.2, 0.25) is 5.76 Å².